The van der Waals surface area contributed by atoms with Gasteiger partial charge in [0.05, 0.1) is 18.2 Å². The Kier molecular flexibility index (Phi) is 4.18. The number of rotatable bonds is 4. The van der Waals surface area contributed by atoms with Crippen molar-refractivity contribution in [2.45, 2.75) is 0 Å². The number of methoxy groups -OCH3 is 1. The van der Waals surface area contributed by atoms with Crippen LogP contribution in [0.3, 0.4) is 0 Å². The summed E-state index contributed by atoms with van der Waals surface area (Å²) in [4.78, 5) is 21.9. The van der Waals surface area contributed by atoms with Crippen LogP contribution in [0.4, 0.5) is 5.69 Å². The van der Waals surface area contributed by atoms with Crippen molar-refractivity contribution in [1.29, 1.82) is 0 Å². The summed E-state index contributed by atoms with van der Waals surface area (Å²) in [5.74, 6) is 0.135. The van der Waals surface area contributed by atoms with E-state index in [1.54, 1.807) is 6.07 Å². The average molecular weight is 307 g/mol. The standard InChI is InChI=1S/C11H9N5O4S/c1-20-9-3-2-7(4-8(9)16(18)19)5-13-15-10(17)6-12-14-11(15)21/h2-6H,1H3,(H,14,21)/b13-5-. The van der Waals surface area contributed by atoms with Crippen LogP contribution in [0, 0.1) is 14.9 Å². The Morgan fingerprint density at radius 1 is 1.57 bits per heavy atom. The van der Waals surface area contributed by atoms with Crippen LogP contribution >= 0.6 is 12.2 Å². The first-order chi connectivity index (χ1) is 10.0. The maximum atomic E-state index is 11.5. The molecule has 0 radical (unpaired) electrons. The van der Waals surface area contributed by atoms with Gasteiger partial charge < -0.3 is 4.74 Å². The van der Waals surface area contributed by atoms with E-state index in [1.807, 2.05) is 0 Å². The first-order valence-electron chi connectivity index (χ1n) is 5.56. The third kappa shape index (κ3) is 3.17. The van der Waals surface area contributed by atoms with Crippen molar-refractivity contribution in [3.05, 3.63) is 55.2 Å². The molecule has 0 aliphatic carbocycles. The first-order valence-corrected chi connectivity index (χ1v) is 5.97. The second-order valence-electron chi connectivity index (χ2n) is 3.76. The number of benzene rings is 1. The zero-order valence-corrected chi connectivity index (χ0v) is 11.5. The van der Waals surface area contributed by atoms with Gasteiger partial charge in [0.2, 0.25) is 4.77 Å². The molecule has 1 aromatic carbocycles. The van der Waals surface area contributed by atoms with Gasteiger partial charge in [0, 0.05) is 11.6 Å². The van der Waals surface area contributed by atoms with E-state index >= 15 is 0 Å². The number of H-pyrrole nitrogens is 1. The van der Waals surface area contributed by atoms with Gasteiger partial charge in [-0.05, 0) is 24.4 Å². The molecule has 0 fully saturated rings. The van der Waals surface area contributed by atoms with Gasteiger partial charge in [0.1, 0.15) is 6.20 Å². The third-order valence-electron chi connectivity index (χ3n) is 2.46. The zero-order valence-electron chi connectivity index (χ0n) is 10.7. The highest BCUT2D eigenvalue weighted by Crippen LogP contribution is 2.26. The molecule has 21 heavy (non-hydrogen) atoms. The SMILES string of the molecule is COc1ccc(/C=N\n2c(=O)cn[nH]c2=S)cc1[N+](=O)[O-]. The summed E-state index contributed by atoms with van der Waals surface area (Å²) in [6, 6.07) is 4.28. The van der Waals surface area contributed by atoms with Gasteiger partial charge >= 0.3 is 5.69 Å². The topological polar surface area (TPSA) is 115 Å². The molecule has 108 valence electrons. The van der Waals surface area contributed by atoms with E-state index < -0.39 is 10.5 Å². The second kappa shape index (κ2) is 6.05. The van der Waals surface area contributed by atoms with Crippen LogP contribution in [0.15, 0.2) is 34.3 Å². The summed E-state index contributed by atoms with van der Waals surface area (Å²) < 4.78 is 5.82. The number of nitro groups is 1. The van der Waals surface area contributed by atoms with E-state index in [0.29, 0.717) is 5.56 Å². The van der Waals surface area contributed by atoms with Crippen molar-refractivity contribution in [2.75, 3.05) is 7.11 Å². The lowest BCUT2D eigenvalue weighted by molar-refractivity contribution is -0.385. The molecule has 0 aliphatic heterocycles. The number of nitro benzene ring substituents is 1. The van der Waals surface area contributed by atoms with Crippen LogP contribution in [-0.2, 0) is 0 Å². The second-order valence-corrected chi connectivity index (χ2v) is 4.14. The highest BCUT2D eigenvalue weighted by Gasteiger charge is 2.14. The fourth-order valence-corrected chi connectivity index (χ4v) is 1.70. The summed E-state index contributed by atoms with van der Waals surface area (Å²) in [5.41, 5.74) is -0.299. The Morgan fingerprint density at radius 2 is 2.33 bits per heavy atom. The van der Waals surface area contributed by atoms with Gasteiger partial charge in [-0.3, -0.25) is 20.0 Å². The lowest BCUT2D eigenvalue weighted by Crippen LogP contribution is -2.18. The summed E-state index contributed by atoms with van der Waals surface area (Å²) in [5, 5.41) is 20.7. The maximum absolute atomic E-state index is 11.5. The van der Waals surface area contributed by atoms with E-state index in [9.17, 15) is 14.9 Å². The molecule has 9 nitrogen and oxygen atoms in total. The number of hydrogen-bond acceptors (Lipinski definition) is 7. The molecule has 0 bridgehead atoms. The number of nitrogens with zero attached hydrogens (tertiary/aromatic N) is 4. The van der Waals surface area contributed by atoms with Gasteiger partial charge in [-0.1, -0.05) is 0 Å². The van der Waals surface area contributed by atoms with Crippen molar-refractivity contribution in [2.24, 2.45) is 5.10 Å². The fourth-order valence-electron chi connectivity index (χ4n) is 1.51. The number of ether oxygens (including phenoxy) is 1. The van der Waals surface area contributed by atoms with Crippen LogP contribution in [0.1, 0.15) is 5.56 Å². The van der Waals surface area contributed by atoms with Crippen molar-refractivity contribution < 1.29 is 9.66 Å². The molecule has 10 heteroatoms. The van der Waals surface area contributed by atoms with Gasteiger partial charge in [-0.15, -0.1) is 0 Å². The Hall–Kier alpha value is -2.88. The lowest BCUT2D eigenvalue weighted by atomic mass is 10.2. The quantitative estimate of drug-likeness (QED) is 0.391. The smallest absolute Gasteiger partial charge is 0.311 e. The van der Waals surface area contributed by atoms with Crippen molar-refractivity contribution in [1.82, 2.24) is 14.9 Å². The predicted octanol–water partition coefficient (Wildman–Crippen LogP) is 1.10. The minimum atomic E-state index is -0.568. The molecule has 0 spiro atoms. The zero-order chi connectivity index (χ0) is 15.4. The molecular weight excluding hydrogens is 298 g/mol. The Morgan fingerprint density at radius 3 is 2.95 bits per heavy atom. The minimum absolute atomic E-state index is 0.0155. The summed E-state index contributed by atoms with van der Waals surface area (Å²) in [7, 11) is 1.34. The van der Waals surface area contributed by atoms with E-state index in [0.717, 1.165) is 10.9 Å². The van der Waals surface area contributed by atoms with Crippen LogP contribution < -0.4 is 10.3 Å². The van der Waals surface area contributed by atoms with Gasteiger partial charge in [0.25, 0.3) is 5.56 Å². The number of nitrogens with one attached hydrogen (secondary N) is 1. The van der Waals surface area contributed by atoms with E-state index in [2.05, 4.69) is 15.3 Å². The molecule has 2 aromatic rings. The lowest BCUT2D eigenvalue weighted by Gasteiger charge is -2.02. The number of aromatic amines is 1. The van der Waals surface area contributed by atoms with Crippen LogP contribution in [-0.4, -0.2) is 33.1 Å². The van der Waals surface area contributed by atoms with Crippen LogP contribution in [0.5, 0.6) is 5.75 Å². The summed E-state index contributed by atoms with van der Waals surface area (Å²) in [6.45, 7) is 0. The Bertz CT molecular complexity index is 798. The molecule has 1 N–H and O–H groups in total. The maximum Gasteiger partial charge on any atom is 0.311 e. The normalized spacial score (nSPS) is 10.7. The molecule has 0 atom stereocenters. The Balaban J connectivity index is 2.43. The highest BCUT2D eigenvalue weighted by atomic mass is 32.1. The van der Waals surface area contributed by atoms with Gasteiger partial charge in [0.15, 0.2) is 5.75 Å². The van der Waals surface area contributed by atoms with E-state index in [1.165, 1.54) is 25.5 Å². The minimum Gasteiger partial charge on any atom is -0.490 e. The number of hydrogen-bond donors (Lipinski definition) is 1. The van der Waals surface area contributed by atoms with Crippen molar-refractivity contribution in [3.63, 3.8) is 0 Å². The predicted molar refractivity (Wildman–Crippen MR) is 76.3 cm³/mol. The molecule has 0 saturated carbocycles. The number of aromatic nitrogens is 3. The molecule has 1 aromatic heterocycles. The van der Waals surface area contributed by atoms with Gasteiger partial charge in [-0.25, -0.2) is 0 Å². The molecular formula is C11H9N5O4S. The molecule has 1 heterocycles. The van der Waals surface area contributed by atoms with Crippen LogP contribution in [0.2, 0.25) is 0 Å². The highest BCUT2D eigenvalue weighted by molar-refractivity contribution is 7.71. The van der Waals surface area contributed by atoms with Gasteiger partial charge in [-0.2, -0.15) is 14.9 Å². The van der Waals surface area contributed by atoms with Crippen molar-refractivity contribution in [3.8, 4) is 5.75 Å². The fraction of sp³-hybridized carbons (Fsp3) is 0.0909. The van der Waals surface area contributed by atoms with E-state index in [4.69, 9.17) is 17.0 Å². The Labute approximate surface area is 122 Å². The largest absolute Gasteiger partial charge is 0.490 e. The third-order valence-corrected chi connectivity index (χ3v) is 2.72. The average Bonchev–Trinajstić information content (AvgIpc) is 2.46. The molecule has 2 rings (SSSR count). The molecule has 0 saturated heterocycles. The summed E-state index contributed by atoms with van der Waals surface area (Å²) >= 11 is 4.86. The monoisotopic (exact) mass is 307 g/mol. The van der Waals surface area contributed by atoms with E-state index in [-0.39, 0.29) is 16.2 Å². The molecule has 0 amide bonds. The molecule has 0 aliphatic rings. The summed E-state index contributed by atoms with van der Waals surface area (Å²) in [6.07, 6.45) is 2.29. The molecule has 0 unspecified atom stereocenters. The first kappa shape index (κ1) is 14.5. The van der Waals surface area contributed by atoms with Crippen molar-refractivity contribution >= 4 is 24.1 Å². The van der Waals surface area contributed by atoms with Crippen LogP contribution in [0.25, 0.3) is 0 Å².